The number of carbonyl (C=O) groups excluding carboxylic acids is 2. The Morgan fingerprint density at radius 2 is 1.92 bits per heavy atom. The Morgan fingerprint density at radius 3 is 2.58 bits per heavy atom. The van der Waals surface area contributed by atoms with Crippen molar-refractivity contribution < 1.29 is 28.2 Å². The number of amides is 1. The van der Waals surface area contributed by atoms with Gasteiger partial charge in [-0.15, -0.1) is 0 Å². The number of aromatic hydroxyl groups is 1. The minimum absolute atomic E-state index is 0.128. The number of anilines is 1. The van der Waals surface area contributed by atoms with Crippen molar-refractivity contribution in [1.29, 1.82) is 0 Å². The molecule has 0 saturated heterocycles. The van der Waals surface area contributed by atoms with Gasteiger partial charge in [-0.05, 0) is 37.3 Å². The van der Waals surface area contributed by atoms with Gasteiger partial charge >= 0.3 is 5.97 Å². The van der Waals surface area contributed by atoms with E-state index in [-0.39, 0.29) is 17.0 Å². The molecule has 0 bridgehead atoms. The van der Waals surface area contributed by atoms with E-state index in [0.29, 0.717) is 10.5 Å². The first kappa shape index (κ1) is 17.9. The SMILES string of the molecule is CC(OC(=O)c1cc(Br)ccc1O)C(=O)Nc1ccc(F)cc1F. The number of nitrogens with one attached hydrogen (secondary N) is 1. The number of benzene rings is 2. The van der Waals surface area contributed by atoms with Gasteiger partial charge in [-0.2, -0.15) is 0 Å². The van der Waals surface area contributed by atoms with Crippen LogP contribution in [0.1, 0.15) is 17.3 Å². The molecule has 0 radical (unpaired) electrons. The van der Waals surface area contributed by atoms with Crippen molar-refractivity contribution in [2.45, 2.75) is 13.0 Å². The molecule has 126 valence electrons. The van der Waals surface area contributed by atoms with E-state index in [0.717, 1.165) is 12.1 Å². The number of hydrogen-bond donors (Lipinski definition) is 2. The quantitative estimate of drug-likeness (QED) is 0.769. The van der Waals surface area contributed by atoms with Gasteiger partial charge in [-0.1, -0.05) is 15.9 Å². The van der Waals surface area contributed by atoms with Crippen LogP contribution in [0, 0.1) is 11.6 Å². The molecule has 0 aliphatic carbocycles. The summed E-state index contributed by atoms with van der Waals surface area (Å²) in [6.07, 6.45) is -1.26. The molecule has 2 aromatic carbocycles. The summed E-state index contributed by atoms with van der Waals surface area (Å²) in [4.78, 5) is 23.9. The van der Waals surface area contributed by atoms with E-state index in [2.05, 4.69) is 21.2 Å². The summed E-state index contributed by atoms with van der Waals surface area (Å²) in [6, 6.07) is 6.80. The van der Waals surface area contributed by atoms with E-state index in [1.807, 2.05) is 0 Å². The molecule has 2 rings (SSSR count). The summed E-state index contributed by atoms with van der Waals surface area (Å²) >= 11 is 3.15. The second-order valence-electron chi connectivity index (χ2n) is 4.82. The van der Waals surface area contributed by atoms with E-state index in [1.165, 1.54) is 25.1 Å². The molecule has 24 heavy (non-hydrogen) atoms. The lowest BCUT2D eigenvalue weighted by Gasteiger charge is -2.14. The molecule has 0 spiro atoms. The topological polar surface area (TPSA) is 75.6 Å². The maximum Gasteiger partial charge on any atom is 0.342 e. The molecule has 5 nitrogen and oxygen atoms in total. The Morgan fingerprint density at radius 1 is 1.21 bits per heavy atom. The van der Waals surface area contributed by atoms with Crippen molar-refractivity contribution in [3.63, 3.8) is 0 Å². The lowest BCUT2D eigenvalue weighted by Crippen LogP contribution is -2.30. The first-order chi connectivity index (χ1) is 11.3. The molecule has 0 aliphatic rings. The van der Waals surface area contributed by atoms with E-state index in [9.17, 15) is 23.5 Å². The molecule has 1 atom stereocenters. The number of hydrogen-bond acceptors (Lipinski definition) is 4. The molecular weight excluding hydrogens is 388 g/mol. The summed E-state index contributed by atoms with van der Waals surface area (Å²) in [6.45, 7) is 1.28. The fourth-order valence-electron chi connectivity index (χ4n) is 1.77. The number of ether oxygens (including phenoxy) is 1. The van der Waals surface area contributed by atoms with Crippen LogP contribution in [0.15, 0.2) is 40.9 Å². The van der Waals surface area contributed by atoms with Crippen LogP contribution in [0.4, 0.5) is 14.5 Å². The Hall–Kier alpha value is -2.48. The molecular formula is C16H12BrF2NO4. The number of phenols is 1. The van der Waals surface area contributed by atoms with Crippen LogP contribution < -0.4 is 5.32 Å². The smallest absolute Gasteiger partial charge is 0.342 e. The van der Waals surface area contributed by atoms with Gasteiger partial charge in [0.1, 0.15) is 22.9 Å². The van der Waals surface area contributed by atoms with Crippen molar-refractivity contribution in [3.8, 4) is 5.75 Å². The third-order valence-electron chi connectivity index (χ3n) is 3.02. The molecule has 0 aromatic heterocycles. The fraction of sp³-hybridized carbons (Fsp3) is 0.125. The summed E-state index contributed by atoms with van der Waals surface area (Å²) < 4.78 is 31.8. The van der Waals surface area contributed by atoms with Crippen molar-refractivity contribution in [2.75, 3.05) is 5.32 Å². The standard InChI is InChI=1S/C16H12BrF2NO4/c1-8(15(22)20-13-4-3-10(18)7-12(13)19)24-16(23)11-6-9(17)2-5-14(11)21/h2-8,21H,1H3,(H,20,22). The van der Waals surface area contributed by atoms with Gasteiger partial charge < -0.3 is 15.2 Å². The largest absolute Gasteiger partial charge is 0.507 e. The predicted octanol–water partition coefficient (Wildman–Crippen LogP) is 3.62. The molecule has 1 unspecified atom stereocenters. The minimum atomic E-state index is -1.26. The number of esters is 1. The third kappa shape index (κ3) is 4.29. The monoisotopic (exact) mass is 399 g/mol. The number of rotatable bonds is 4. The van der Waals surface area contributed by atoms with E-state index < -0.39 is 29.6 Å². The first-order valence-corrected chi connectivity index (χ1v) is 7.52. The van der Waals surface area contributed by atoms with E-state index in [1.54, 1.807) is 0 Å². The van der Waals surface area contributed by atoms with Gasteiger partial charge in [0.15, 0.2) is 6.10 Å². The number of halogens is 3. The Labute approximate surface area is 144 Å². The predicted molar refractivity (Wildman–Crippen MR) is 85.7 cm³/mol. The summed E-state index contributed by atoms with van der Waals surface area (Å²) in [5.74, 6) is -3.76. The normalized spacial score (nSPS) is 11.7. The molecule has 8 heteroatoms. The zero-order valence-electron chi connectivity index (χ0n) is 12.3. The molecule has 2 aromatic rings. The van der Waals surface area contributed by atoms with Crippen LogP contribution in [0.5, 0.6) is 5.75 Å². The lowest BCUT2D eigenvalue weighted by molar-refractivity contribution is -0.123. The van der Waals surface area contributed by atoms with Crippen LogP contribution in [0.3, 0.4) is 0 Å². The van der Waals surface area contributed by atoms with Gasteiger partial charge in [-0.25, -0.2) is 13.6 Å². The molecule has 0 fully saturated rings. The Balaban J connectivity index is 2.05. The van der Waals surface area contributed by atoms with Gasteiger partial charge in [0.25, 0.3) is 5.91 Å². The maximum absolute atomic E-state index is 13.5. The minimum Gasteiger partial charge on any atom is -0.507 e. The number of carbonyl (C=O) groups is 2. The zero-order valence-corrected chi connectivity index (χ0v) is 13.9. The van der Waals surface area contributed by atoms with Gasteiger partial charge in [0, 0.05) is 10.5 Å². The Bertz CT molecular complexity index is 798. The molecule has 0 aliphatic heterocycles. The Kier molecular flexibility index (Phi) is 5.50. The highest BCUT2D eigenvalue weighted by molar-refractivity contribution is 9.10. The summed E-state index contributed by atoms with van der Waals surface area (Å²) in [5, 5.41) is 11.8. The molecule has 2 N–H and O–H groups in total. The lowest BCUT2D eigenvalue weighted by atomic mass is 10.2. The third-order valence-corrected chi connectivity index (χ3v) is 3.51. The van der Waals surface area contributed by atoms with Crippen LogP contribution >= 0.6 is 15.9 Å². The van der Waals surface area contributed by atoms with E-state index in [4.69, 9.17) is 4.74 Å². The highest BCUT2D eigenvalue weighted by Gasteiger charge is 2.22. The van der Waals surface area contributed by atoms with Gasteiger partial charge in [-0.3, -0.25) is 4.79 Å². The second-order valence-corrected chi connectivity index (χ2v) is 5.74. The van der Waals surface area contributed by atoms with Crippen LogP contribution in [0.25, 0.3) is 0 Å². The van der Waals surface area contributed by atoms with Crippen molar-refractivity contribution in [3.05, 3.63) is 58.1 Å². The molecule has 0 heterocycles. The van der Waals surface area contributed by atoms with Crippen LogP contribution in [0.2, 0.25) is 0 Å². The van der Waals surface area contributed by atoms with Crippen molar-refractivity contribution in [1.82, 2.24) is 0 Å². The summed E-state index contributed by atoms with van der Waals surface area (Å²) in [7, 11) is 0. The maximum atomic E-state index is 13.5. The highest BCUT2D eigenvalue weighted by Crippen LogP contribution is 2.23. The van der Waals surface area contributed by atoms with Gasteiger partial charge in [0.2, 0.25) is 0 Å². The fourth-order valence-corrected chi connectivity index (χ4v) is 2.14. The highest BCUT2D eigenvalue weighted by atomic mass is 79.9. The van der Waals surface area contributed by atoms with Crippen LogP contribution in [-0.2, 0) is 9.53 Å². The average Bonchev–Trinajstić information content (AvgIpc) is 2.52. The first-order valence-electron chi connectivity index (χ1n) is 6.73. The van der Waals surface area contributed by atoms with Crippen molar-refractivity contribution >= 4 is 33.5 Å². The zero-order chi connectivity index (χ0) is 17.9. The summed E-state index contributed by atoms with van der Waals surface area (Å²) in [5.41, 5.74) is -0.369. The van der Waals surface area contributed by atoms with Gasteiger partial charge in [0.05, 0.1) is 5.69 Å². The number of phenolic OH excluding ortho intramolecular Hbond substituents is 1. The van der Waals surface area contributed by atoms with Crippen molar-refractivity contribution in [2.24, 2.45) is 0 Å². The second kappa shape index (κ2) is 7.39. The molecule has 1 amide bonds. The molecule has 0 saturated carbocycles. The van der Waals surface area contributed by atoms with Crippen LogP contribution in [-0.4, -0.2) is 23.1 Å². The average molecular weight is 400 g/mol. The van der Waals surface area contributed by atoms with E-state index >= 15 is 0 Å².